The van der Waals surface area contributed by atoms with Crippen LogP contribution in [0.25, 0.3) is 0 Å². The topological polar surface area (TPSA) is 155 Å². The van der Waals surface area contributed by atoms with Crippen LogP contribution >= 0.6 is 0 Å². The summed E-state index contributed by atoms with van der Waals surface area (Å²) in [6.45, 7) is 12.8. The van der Waals surface area contributed by atoms with Crippen LogP contribution in [0.4, 0.5) is 43.9 Å². The summed E-state index contributed by atoms with van der Waals surface area (Å²) in [4.78, 5) is 42.3. The van der Waals surface area contributed by atoms with Gasteiger partial charge in [0.25, 0.3) is 0 Å². The zero-order valence-electron chi connectivity index (χ0n) is 24.6. The Balaban J connectivity index is -0.000000167. The van der Waals surface area contributed by atoms with Crippen molar-refractivity contribution < 1.29 is 110 Å². The molecule has 0 aliphatic carbocycles. The minimum atomic E-state index is -5.87. The van der Waals surface area contributed by atoms with E-state index in [9.17, 15) is 73.3 Å². The van der Waals surface area contributed by atoms with Gasteiger partial charge >= 0.3 is 50.4 Å². The quantitative estimate of drug-likeness (QED) is 0.256. The normalized spacial score (nSPS) is 13.7. The van der Waals surface area contributed by atoms with Gasteiger partial charge in [-0.15, -0.1) is 0 Å². The fraction of sp³-hybridized carbons (Fsp3) is 0.833. The van der Waals surface area contributed by atoms with Crippen molar-refractivity contribution in [2.75, 3.05) is 0 Å². The fourth-order valence-electron chi connectivity index (χ4n) is 1.94. The Kier molecular flexibility index (Phi) is 23.4. The van der Waals surface area contributed by atoms with Crippen molar-refractivity contribution >= 4 is 23.5 Å². The van der Waals surface area contributed by atoms with Gasteiger partial charge in [-0.05, 0) is 54.4 Å². The Morgan fingerprint density at radius 1 is 0.558 bits per heavy atom. The average molecular weight is 734 g/mol. The van der Waals surface area contributed by atoms with E-state index in [2.05, 4.69) is 0 Å². The maximum absolute atomic E-state index is 12.4. The molecule has 0 aromatic carbocycles. The number of rotatable bonds is 10. The van der Waals surface area contributed by atoms with Gasteiger partial charge in [0, 0.05) is 0 Å². The van der Waals surface area contributed by atoms with E-state index in [1.54, 1.807) is 41.5 Å². The molecule has 43 heavy (non-hydrogen) atoms. The number of alkyl halides is 10. The summed E-state index contributed by atoms with van der Waals surface area (Å²) < 4.78 is 120. The van der Waals surface area contributed by atoms with Gasteiger partial charge in [0.1, 0.15) is 11.6 Å². The zero-order chi connectivity index (χ0) is 35.3. The maximum Gasteiger partial charge on any atom is 2.00 e. The van der Waals surface area contributed by atoms with Gasteiger partial charge in [-0.25, -0.2) is 0 Å². The summed E-state index contributed by atoms with van der Waals surface area (Å²) in [6.07, 6.45) is -16.9. The van der Waals surface area contributed by atoms with Gasteiger partial charge < -0.3 is 30.0 Å². The molecule has 0 spiro atoms. The predicted molar refractivity (Wildman–Crippen MR) is 123 cm³/mol. The summed E-state index contributed by atoms with van der Waals surface area (Å²) in [5.74, 6) is -21.6. The first-order valence-electron chi connectivity index (χ1n) is 11.9. The van der Waals surface area contributed by atoms with E-state index in [0.717, 1.165) is 0 Å². The molecule has 2 N–H and O–H groups in total. The Labute approximate surface area is 261 Å². The van der Waals surface area contributed by atoms with Crippen molar-refractivity contribution in [3.8, 4) is 0 Å². The summed E-state index contributed by atoms with van der Waals surface area (Å²) in [6, 6.07) is 0. The van der Waals surface area contributed by atoms with Crippen LogP contribution in [-0.4, -0.2) is 69.1 Å². The number of carboxylic acid groups (broad SMARTS) is 2. The van der Waals surface area contributed by atoms with Crippen LogP contribution in [0.3, 0.4) is 0 Å². The van der Waals surface area contributed by atoms with Gasteiger partial charge in [-0.2, -0.15) is 43.9 Å². The number of halogens is 10. The van der Waals surface area contributed by atoms with Gasteiger partial charge in [-0.1, -0.05) is 13.8 Å². The second-order valence-corrected chi connectivity index (χ2v) is 10.6. The predicted octanol–water partition coefficient (Wildman–Crippen LogP) is 3.39. The van der Waals surface area contributed by atoms with E-state index in [4.69, 9.17) is 10.2 Å². The molecule has 2 atom stereocenters. The zero-order valence-corrected chi connectivity index (χ0v) is 27.1. The molecular formula is C24H36F10O8Zr. The van der Waals surface area contributed by atoms with Crippen LogP contribution < -0.4 is 10.2 Å². The number of ketones is 2. The molecular weight excluding hydrogens is 697 g/mol. The third-order valence-corrected chi connectivity index (χ3v) is 3.78. The van der Waals surface area contributed by atoms with Crippen LogP contribution in [-0.2, 0) is 45.4 Å². The van der Waals surface area contributed by atoms with Crippen molar-refractivity contribution in [3.05, 3.63) is 0 Å². The first kappa shape index (κ1) is 51.0. The maximum atomic E-state index is 12.4. The van der Waals surface area contributed by atoms with Crippen molar-refractivity contribution in [3.63, 3.8) is 0 Å². The van der Waals surface area contributed by atoms with Gasteiger partial charge in [0.05, 0.1) is 47.8 Å². The van der Waals surface area contributed by atoms with Crippen molar-refractivity contribution in [1.82, 2.24) is 0 Å². The Morgan fingerprint density at radius 3 is 0.814 bits per heavy atom. The van der Waals surface area contributed by atoms with Crippen LogP contribution in [0.2, 0.25) is 0 Å². The average Bonchev–Trinajstić information content (AvgIpc) is 2.63. The molecule has 0 aromatic rings. The molecule has 2 unspecified atom stereocenters. The summed E-state index contributed by atoms with van der Waals surface area (Å²) in [5, 5.41) is 37.5. The molecule has 0 saturated heterocycles. The summed E-state index contributed by atoms with van der Waals surface area (Å²) >= 11 is 0. The molecule has 8 nitrogen and oxygen atoms in total. The molecule has 0 amide bonds. The van der Waals surface area contributed by atoms with Gasteiger partial charge in [-0.3, -0.25) is 9.59 Å². The van der Waals surface area contributed by atoms with Crippen LogP contribution in [0.1, 0.15) is 81.1 Å². The Morgan fingerprint density at radius 2 is 0.721 bits per heavy atom. The van der Waals surface area contributed by atoms with E-state index in [-0.39, 0.29) is 26.2 Å². The van der Waals surface area contributed by atoms with Crippen LogP contribution in [0, 0.1) is 11.8 Å². The minimum Gasteiger partial charge on any atom is -0.549 e. The van der Waals surface area contributed by atoms with E-state index >= 15 is 0 Å². The van der Waals surface area contributed by atoms with E-state index in [0.29, 0.717) is 0 Å². The number of carbonyl (C=O) groups is 4. The van der Waals surface area contributed by atoms with Crippen LogP contribution in [0.5, 0.6) is 0 Å². The number of aliphatic hydroxyl groups is 2. The molecule has 0 aliphatic rings. The largest absolute Gasteiger partial charge is 2.00 e. The third kappa shape index (κ3) is 27.7. The second-order valence-electron chi connectivity index (χ2n) is 10.6. The number of carbonyl (C=O) groups excluding carboxylic acids is 4. The third-order valence-electron chi connectivity index (χ3n) is 3.78. The SMILES string of the molecule is CC(C)(C)O.CC(C)(C)O.CCC(C(=O)[O-])C(=O)CC(F)(F)C(F)(F)F.CCC(C(=O)[O-])C(=O)CC(F)(F)C(F)(F)F.[Zr+2]. The number of Topliss-reactive ketones (excluding diaryl/α,β-unsaturated/α-hetero) is 2. The van der Waals surface area contributed by atoms with Gasteiger partial charge in [0.15, 0.2) is 0 Å². The molecule has 19 heteroatoms. The molecule has 0 bridgehead atoms. The molecule has 0 aromatic heterocycles. The monoisotopic (exact) mass is 732 g/mol. The number of aliphatic carboxylic acids is 2. The molecule has 0 aliphatic heterocycles. The first-order chi connectivity index (χ1) is 18.1. The van der Waals surface area contributed by atoms with Crippen molar-refractivity contribution in [1.29, 1.82) is 0 Å². The Hall–Kier alpha value is -1.62. The molecule has 0 saturated carbocycles. The number of hydrogen-bond acceptors (Lipinski definition) is 8. The van der Waals surface area contributed by atoms with Crippen molar-refractivity contribution in [2.24, 2.45) is 11.8 Å². The number of carboxylic acids is 2. The second kappa shape index (κ2) is 19.7. The standard InChI is InChI=1S/2C8H9F5O3.2C4H10O.Zr/c2*1-2-4(6(15)16)5(14)3-7(9,10)8(11,12)13;2*1-4(2,3)5;/h2*4H,2-3H2,1H3,(H,15,16);2*5H,1-3H3;/q;;;;+2/p-2. The number of hydrogen-bond donors (Lipinski definition) is 2. The summed E-state index contributed by atoms with van der Waals surface area (Å²) in [5.41, 5.74) is -1.00. The van der Waals surface area contributed by atoms with E-state index < -0.39 is 96.4 Å². The van der Waals surface area contributed by atoms with Gasteiger partial charge in [0.2, 0.25) is 0 Å². The molecule has 0 heterocycles. The molecule has 254 valence electrons. The fourth-order valence-corrected chi connectivity index (χ4v) is 1.94. The smallest absolute Gasteiger partial charge is 0.549 e. The Bertz CT molecular complexity index is 780. The summed E-state index contributed by atoms with van der Waals surface area (Å²) in [7, 11) is 0. The van der Waals surface area contributed by atoms with E-state index in [1.165, 1.54) is 13.8 Å². The minimum absolute atomic E-state index is 0. The van der Waals surface area contributed by atoms with E-state index in [1.807, 2.05) is 0 Å². The van der Waals surface area contributed by atoms with Crippen LogP contribution in [0.15, 0.2) is 0 Å². The molecule has 0 radical (unpaired) electrons. The molecule has 0 rings (SSSR count). The first-order valence-corrected chi connectivity index (χ1v) is 11.9. The molecule has 0 fully saturated rings. The van der Waals surface area contributed by atoms with Crippen molar-refractivity contribution in [2.45, 2.75) is 116 Å².